The van der Waals surface area contributed by atoms with Crippen molar-refractivity contribution in [2.24, 2.45) is 0 Å². The molecule has 3 aliphatic rings. The van der Waals surface area contributed by atoms with Gasteiger partial charge in [0, 0.05) is 24.8 Å². The average Bonchev–Trinajstić information content (AvgIpc) is 3.43. The summed E-state index contributed by atoms with van der Waals surface area (Å²) in [5.41, 5.74) is 1.72. The van der Waals surface area contributed by atoms with Crippen LogP contribution in [0.15, 0.2) is 54.3 Å². The zero-order valence-corrected chi connectivity index (χ0v) is 18.9. The topological polar surface area (TPSA) is 51.2 Å². The van der Waals surface area contributed by atoms with Crippen LogP contribution in [0, 0.1) is 0 Å². The third-order valence-corrected chi connectivity index (χ3v) is 6.39. The lowest BCUT2D eigenvalue weighted by molar-refractivity contribution is -0.116. The van der Waals surface area contributed by atoms with E-state index in [1.165, 1.54) is 42.2 Å². The zero-order chi connectivity index (χ0) is 23.5. The predicted octanol–water partition coefficient (Wildman–Crippen LogP) is 4.95. The van der Waals surface area contributed by atoms with Crippen LogP contribution in [-0.2, 0) is 4.79 Å². The maximum Gasteiger partial charge on any atom is 0.387 e. The number of hydrogen-bond acceptors (Lipinski definition) is 5. The number of carbonyl (C=O) groups is 1. The van der Waals surface area contributed by atoms with E-state index in [0.717, 1.165) is 19.6 Å². The Balaban J connectivity index is 1.23. The summed E-state index contributed by atoms with van der Waals surface area (Å²) in [6.45, 7) is 0.440. The van der Waals surface area contributed by atoms with Gasteiger partial charge in [0.15, 0.2) is 17.3 Å². The fourth-order valence-corrected chi connectivity index (χ4v) is 4.40. The summed E-state index contributed by atoms with van der Waals surface area (Å²) < 4.78 is 42.3. The summed E-state index contributed by atoms with van der Waals surface area (Å²) in [6.07, 6.45) is 6.47. The second-order valence-corrected chi connectivity index (χ2v) is 8.84. The molecule has 5 rings (SSSR count). The summed E-state index contributed by atoms with van der Waals surface area (Å²) >= 11 is 0. The van der Waals surface area contributed by atoms with Gasteiger partial charge in [0.1, 0.15) is 12.4 Å². The van der Waals surface area contributed by atoms with Gasteiger partial charge in [-0.2, -0.15) is 8.78 Å². The lowest BCUT2D eigenvalue weighted by atomic mass is 10.1. The molecule has 0 spiro atoms. The fourth-order valence-electron chi connectivity index (χ4n) is 4.40. The molecule has 1 saturated carbocycles. The Hall–Kier alpha value is -3.13. The Morgan fingerprint density at radius 3 is 2.47 bits per heavy atom. The van der Waals surface area contributed by atoms with Crippen LogP contribution in [0.4, 0.5) is 14.5 Å². The van der Waals surface area contributed by atoms with E-state index in [4.69, 9.17) is 14.2 Å². The van der Waals surface area contributed by atoms with Crippen molar-refractivity contribution in [1.29, 1.82) is 0 Å². The van der Waals surface area contributed by atoms with Crippen LogP contribution in [0.5, 0.6) is 17.2 Å². The third-order valence-electron chi connectivity index (χ3n) is 6.39. The number of likely N-dealkylation sites (tertiary alicyclic amines) is 1. The van der Waals surface area contributed by atoms with E-state index >= 15 is 0 Å². The highest BCUT2D eigenvalue weighted by Gasteiger charge is 2.29. The smallest absolute Gasteiger partial charge is 0.387 e. The highest BCUT2D eigenvalue weighted by atomic mass is 19.3. The average molecular weight is 471 g/mol. The molecular weight excluding hydrogens is 442 g/mol. The Labute approximate surface area is 197 Å². The number of ether oxygens (including phenoxy) is 3. The molecule has 0 aromatic heterocycles. The van der Waals surface area contributed by atoms with Crippen LogP contribution in [0.1, 0.15) is 37.2 Å². The van der Waals surface area contributed by atoms with Crippen molar-refractivity contribution in [3.63, 3.8) is 0 Å². The number of halogens is 2. The van der Waals surface area contributed by atoms with Crippen LogP contribution in [0.25, 0.3) is 0 Å². The maximum atomic E-state index is 13.0. The molecule has 1 aliphatic carbocycles. The summed E-state index contributed by atoms with van der Waals surface area (Å²) in [5, 5.41) is 0. The first kappa shape index (κ1) is 22.7. The molecule has 2 aliphatic heterocycles. The minimum absolute atomic E-state index is 0.0910. The van der Waals surface area contributed by atoms with Crippen molar-refractivity contribution in [3.8, 4) is 17.2 Å². The van der Waals surface area contributed by atoms with Gasteiger partial charge in [-0.15, -0.1) is 0 Å². The number of alkyl halides is 2. The van der Waals surface area contributed by atoms with E-state index < -0.39 is 6.61 Å². The van der Waals surface area contributed by atoms with E-state index in [0.29, 0.717) is 24.0 Å². The highest BCUT2D eigenvalue weighted by molar-refractivity contribution is 6.07. The number of nitrogens with zero attached hydrogens (tertiary/aromatic N) is 2. The van der Waals surface area contributed by atoms with Crippen molar-refractivity contribution >= 4 is 11.6 Å². The summed E-state index contributed by atoms with van der Waals surface area (Å²) in [7, 11) is 0. The molecule has 8 heteroatoms. The SMILES string of the molecule is O=C1C(Oc2ccc(C3CC3)cc2)=CCN1c1ccc(OCCN2CCCC2)c(OC(F)F)c1. The molecular formula is C26H28F2N2O4. The quantitative estimate of drug-likeness (QED) is 0.492. The van der Waals surface area contributed by atoms with Crippen LogP contribution in [0.3, 0.4) is 0 Å². The Kier molecular flexibility index (Phi) is 6.67. The standard InChI is InChI=1S/C26H28F2N2O4/c27-26(28)34-24-17-20(7-10-22(24)32-16-15-29-12-1-2-13-29)30-14-11-23(25(30)31)33-21-8-5-19(6-9-21)18-3-4-18/h5-11,17-18,26H,1-4,12-16H2. The number of hydrogen-bond donors (Lipinski definition) is 0. The van der Waals surface area contributed by atoms with Crippen molar-refractivity contribution < 1.29 is 27.8 Å². The number of rotatable bonds is 10. The summed E-state index contributed by atoms with van der Waals surface area (Å²) in [4.78, 5) is 16.7. The first-order valence-corrected chi connectivity index (χ1v) is 11.8. The molecule has 2 heterocycles. The Morgan fingerprint density at radius 2 is 1.76 bits per heavy atom. The van der Waals surface area contributed by atoms with E-state index in [1.807, 2.05) is 24.3 Å². The van der Waals surface area contributed by atoms with Crippen LogP contribution in [0.2, 0.25) is 0 Å². The van der Waals surface area contributed by atoms with Gasteiger partial charge < -0.3 is 19.1 Å². The predicted molar refractivity (Wildman–Crippen MR) is 124 cm³/mol. The zero-order valence-electron chi connectivity index (χ0n) is 18.9. The molecule has 0 N–H and O–H groups in total. The summed E-state index contributed by atoms with van der Waals surface area (Å²) in [5.74, 6) is 1.25. The molecule has 1 amide bonds. The number of anilines is 1. The molecule has 0 bridgehead atoms. The lowest BCUT2D eigenvalue weighted by Crippen LogP contribution is -2.28. The Morgan fingerprint density at radius 1 is 1.00 bits per heavy atom. The lowest BCUT2D eigenvalue weighted by Gasteiger charge is -2.20. The minimum atomic E-state index is -3.00. The molecule has 0 atom stereocenters. The molecule has 2 aromatic rings. The van der Waals surface area contributed by atoms with Crippen molar-refractivity contribution in [3.05, 3.63) is 59.9 Å². The monoisotopic (exact) mass is 470 g/mol. The first-order valence-electron chi connectivity index (χ1n) is 11.8. The fraction of sp³-hybridized carbons (Fsp3) is 0.423. The molecule has 34 heavy (non-hydrogen) atoms. The van der Waals surface area contributed by atoms with Crippen molar-refractivity contribution in [2.45, 2.75) is 38.2 Å². The van der Waals surface area contributed by atoms with Gasteiger partial charge in [-0.25, -0.2) is 0 Å². The Bertz CT molecular complexity index is 1050. The third kappa shape index (κ3) is 5.33. The van der Waals surface area contributed by atoms with Crippen LogP contribution >= 0.6 is 0 Å². The second kappa shape index (κ2) is 10.0. The van der Waals surface area contributed by atoms with E-state index in [-0.39, 0.29) is 29.7 Å². The van der Waals surface area contributed by atoms with Gasteiger partial charge in [-0.1, -0.05) is 12.1 Å². The van der Waals surface area contributed by atoms with E-state index in [9.17, 15) is 13.6 Å². The van der Waals surface area contributed by atoms with Crippen molar-refractivity contribution in [2.75, 3.05) is 37.7 Å². The van der Waals surface area contributed by atoms with Crippen LogP contribution in [-0.4, -0.2) is 50.2 Å². The highest BCUT2D eigenvalue weighted by Crippen LogP contribution is 2.40. The van der Waals surface area contributed by atoms with Gasteiger partial charge in [-0.3, -0.25) is 9.69 Å². The van der Waals surface area contributed by atoms with Gasteiger partial charge in [-0.05, 0) is 80.6 Å². The summed E-state index contributed by atoms with van der Waals surface area (Å²) in [6, 6.07) is 12.4. The van der Waals surface area contributed by atoms with Gasteiger partial charge in [0.05, 0.1) is 0 Å². The number of amides is 1. The molecule has 1 saturated heterocycles. The second-order valence-electron chi connectivity index (χ2n) is 8.84. The molecule has 0 unspecified atom stereocenters. The molecule has 0 radical (unpaired) electrons. The largest absolute Gasteiger partial charge is 0.488 e. The first-order chi connectivity index (χ1) is 16.6. The number of benzene rings is 2. The van der Waals surface area contributed by atoms with Gasteiger partial charge >= 0.3 is 6.61 Å². The van der Waals surface area contributed by atoms with Crippen LogP contribution < -0.4 is 19.1 Å². The molecule has 180 valence electrons. The van der Waals surface area contributed by atoms with Gasteiger partial charge in [0.2, 0.25) is 0 Å². The molecule has 6 nitrogen and oxygen atoms in total. The van der Waals surface area contributed by atoms with Gasteiger partial charge in [0.25, 0.3) is 5.91 Å². The molecule has 2 fully saturated rings. The normalized spacial score (nSPS) is 18.5. The molecule has 2 aromatic carbocycles. The number of carbonyl (C=O) groups excluding carboxylic acids is 1. The van der Waals surface area contributed by atoms with E-state index in [1.54, 1.807) is 18.2 Å². The minimum Gasteiger partial charge on any atom is -0.488 e. The van der Waals surface area contributed by atoms with Crippen molar-refractivity contribution in [1.82, 2.24) is 4.90 Å². The van der Waals surface area contributed by atoms with E-state index in [2.05, 4.69) is 4.90 Å². The maximum absolute atomic E-state index is 13.0.